The number of hydrogen-bond acceptors (Lipinski definition) is 2. The third-order valence-corrected chi connectivity index (χ3v) is 1.62. The van der Waals surface area contributed by atoms with Gasteiger partial charge in [-0.3, -0.25) is 0 Å². The molecule has 1 aromatic heterocycles. The first-order chi connectivity index (χ1) is 5.86. The molecule has 0 amide bonds. The van der Waals surface area contributed by atoms with Gasteiger partial charge in [0.2, 0.25) is 0 Å². The third-order valence-electron chi connectivity index (χ3n) is 1.62. The number of hydrogen-bond donors (Lipinski definition) is 1. The Morgan fingerprint density at radius 1 is 1.15 bits per heavy atom. The van der Waals surface area contributed by atoms with E-state index in [-0.39, 0.29) is 12.4 Å². The highest BCUT2D eigenvalue weighted by Gasteiger charge is 1.95. The van der Waals surface area contributed by atoms with E-state index in [1.54, 1.807) is 17.1 Å². The van der Waals surface area contributed by atoms with Crippen LogP contribution in [0.5, 0.6) is 0 Å². The Morgan fingerprint density at radius 2 is 1.85 bits per heavy atom. The summed E-state index contributed by atoms with van der Waals surface area (Å²) in [5.41, 5.74) is 7.23. The van der Waals surface area contributed by atoms with Crippen LogP contribution < -0.4 is 5.73 Å². The number of benzene rings is 1. The first kappa shape index (κ1) is 9.61. The number of anilines is 1. The standard InChI is InChI=1S/C9H9N3.ClH/c10-8-6-11-12(7-8)9-4-2-1-3-5-9;/h1-7H,10H2;1H. The Hall–Kier alpha value is -1.48. The number of nitrogens with two attached hydrogens (primary N) is 1. The highest BCUT2D eigenvalue weighted by molar-refractivity contribution is 5.85. The van der Waals surface area contributed by atoms with Crippen molar-refractivity contribution in [2.24, 2.45) is 0 Å². The van der Waals surface area contributed by atoms with E-state index >= 15 is 0 Å². The number of rotatable bonds is 1. The van der Waals surface area contributed by atoms with E-state index in [1.165, 1.54) is 0 Å². The zero-order chi connectivity index (χ0) is 8.39. The van der Waals surface area contributed by atoms with E-state index in [4.69, 9.17) is 5.73 Å². The molecule has 0 saturated carbocycles. The molecule has 0 spiro atoms. The van der Waals surface area contributed by atoms with Crippen LogP contribution in [0, 0.1) is 0 Å². The lowest BCUT2D eigenvalue weighted by molar-refractivity contribution is 0.881. The Morgan fingerprint density at radius 3 is 2.38 bits per heavy atom. The molecule has 2 aromatic rings. The zero-order valence-corrected chi connectivity index (χ0v) is 7.74. The highest BCUT2D eigenvalue weighted by atomic mass is 35.5. The maximum atomic E-state index is 5.53. The second-order valence-corrected chi connectivity index (χ2v) is 2.55. The number of aromatic nitrogens is 2. The van der Waals surface area contributed by atoms with Crippen LogP contribution in [-0.4, -0.2) is 9.78 Å². The van der Waals surface area contributed by atoms with Gasteiger partial charge in [0.1, 0.15) is 0 Å². The first-order valence-electron chi connectivity index (χ1n) is 3.72. The van der Waals surface area contributed by atoms with E-state index in [2.05, 4.69) is 5.10 Å². The molecule has 0 saturated heterocycles. The Labute approximate surface area is 82.6 Å². The molecular weight excluding hydrogens is 186 g/mol. The van der Waals surface area contributed by atoms with Crippen molar-refractivity contribution >= 4 is 18.1 Å². The van der Waals surface area contributed by atoms with Gasteiger partial charge in [0, 0.05) is 0 Å². The minimum absolute atomic E-state index is 0. The molecule has 1 aromatic carbocycles. The lowest BCUT2D eigenvalue weighted by Crippen LogP contribution is -1.92. The van der Waals surface area contributed by atoms with Crippen LogP contribution in [0.15, 0.2) is 42.7 Å². The van der Waals surface area contributed by atoms with Crippen LogP contribution in [-0.2, 0) is 0 Å². The number of nitrogens with zero attached hydrogens (tertiary/aromatic N) is 2. The fourth-order valence-corrected chi connectivity index (χ4v) is 1.06. The predicted molar refractivity (Wildman–Crippen MR) is 55.2 cm³/mol. The largest absolute Gasteiger partial charge is 0.396 e. The van der Waals surface area contributed by atoms with Crippen molar-refractivity contribution in [3.8, 4) is 5.69 Å². The van der Waals surface area contributed by atoms with Crippen molar-refractivity contribution in [3.63, 3.8) is 0 Å². The smallest absolute Gasteiger partial charge is 0.0724 e. The van der Waals surface area contributed by atoms with Crippen LogP contribution in [0.2, 0.25) is 0 Å². The minimum atomic E-state index is 0. The molecule has 13 heavy (non-hydrogen) atoms. The SMILES string of the molecule is Cl.Nc1cnn(-c2ccccc2)c1. The number of halogens is 1. The van der Waals surface area contributed by atoms with Gasteiger partial charge in [0.05, 0.1) is 23.8 Å². The van der Waals surface area contributed by atoms with Crippen LogP contribution in [0.1, 0.15) is 0 Å². The van der Waals surface area contributed by atoms with Crippen molar-refractivity contribution in [2.45, 2.75) is 0 Å². The topological polar surface area (TPSA) is 43.8 Å². The number of para-hydroxylation sites is 1. The van der Waals surface area contributed by atoms with Crippen molar-refractivity contribution in [3.05, 3.63) is 42.7 Å². The maximum absolute atomic E-state index is 5.53. The van der Waals surface area contributed by atoms with Crippen molar-refractivity contribution < 1.29 is 0 Å². The molecule has 0 aliphatic rings. The molecule has 4 heteroatoms. The Bertz CT molecular complexity index is 369. The quantitative estimate of drug-likeness (QED) is 0.755. The molecule has 68 valence electrons. The van der Waals surface area contributed by atoms with Gasteiger partial charge in [-0.05, 0) is 12.1 Å². The second-order valence-electron chi connectivity index (χ2n) is 2.55. The van der Waals surface area contributed by atoms with Gasteiger partial charge in [-0.15, -0.1) is 12.4 Å². The summed E-state index contributed by atoms with van der Waals surface area (Å²) in [5, 5.41) is 4.08. The van der Waals surface area contributed by atoms with Gasteiger partial charge in [-0.25, -0.2) is 4.68 Å². The molecule has 2 rings (SSSR count). The summed E-state index contributed by atoms with van der Waals surface area (Å²) in [6.07, 6.45) is 3.42. The van der Waals surface area contributed by atoms with E-state index in [1.807, 2.05) is 30.3 Å². The van der Waals surface area contributed by atoms with Crippen LogP contribution in [0.25, 0.3) is 5.69 Å². The average molecular weight is 196 g/mol. The highest BCUT2D eigenvalue weighted by Crippen LogP contribution is 2.07. The Kier molecular flexibility index (Phi) is 2.93. The lowest BCUT2D eigenvalue weighted by atomic mass is 10.3. The van der Waals surface area contributed by atoms with E-state index in [0.717, 1.165) is 5.69 Å². The zero-order valence-electron chi connectivity index (χ0n) is 6.92. The normalized spacial score (nSPS) is 9.23. The summed E-state index contributed by atoms with van der Waals surface area (Å²) in [4.78, 5) is 0. The molecule has 3 nitrogen and oxygen atoms in total. The summed E-state index contributed by atoms with van der Waals surface area (Å²) in [6.45, 7) is 0. The van der Waals surface area contributed by atoms with Crippen LogP contribution in [0.4, 0.5) is 5.69 Å². The molecule has 1 heterocycles. The molecule has 2 N–H and O–H groups in total. The summed E-state index contributed by atoms with van der Waals surface area (Å²) in [5.74, 6) is 0. The minimum Gasteiger partial charge on any atom is -0.396 e. The third kappa shape index (κ3) is 2.00. The summed E-state index contributed by atoms with van der Waals surface area (Å²) in [7, 11) is 0. The molecule has 0 bridgehead atoms. The van der Waals surface area contributed by atoms with Gasteiger partial charge in [-0.2, -0.15) is 5.10 Å². The summed E-state index contributed by atoms with van der Waals surface area (Å²) >= 11 is 0. The molecule has 0 aliphatic heterocycles. The van der Waals surface area contributed by atoms with E-state index in [0.29, 0.717) is 5.69 Å². The average Bonchev–Trinajstić information content (AvgIpc) is 2.54. The molecular formula is C9H10ClN3. The molecule has 0 radical (unpaired) electrons. The summed E-state index contributed by atoms with van der Waals surface area (Å²) < 4.78 is 1.75. The molecule has 0 atom stereocenters. The van der Waals surface area contributed by atoms with Gasteiger partial charge < -0.3 is 5.73 Å². The van der Waals surface area contributed by atoms with Crippen LogP contribution in [0.3, 0.4) is 0 Å². The molecule has 0 unspecified atom stereocenters. The van der Waals surface area contributed by atoms with Crippen LogP contribution >= 0.6 is 12.4 Å². The monoisotopic (exact) mass is 195 g/mol. The second kappa shape index (κ2) is 3.96. The van der Waals surface area contributed by atoms with Gasteiger partial charge >= 0.3 is 0 Å². The predicted octanol–water partition coefficient (Wildman–Crippen LogP) is 1.88. The first-order valence-corrected chi connectivity index (χ1v) is 3.72. The van der Waals surface area contributed by atoms with Gasteiger partial charge in [-0.1, -0.05) is 18.2 Å². The molecule has 0 fully saturated rings. The van der Waals surface area contributed by atoms with Crippen molar-refractivity contribution in [2.75, 3.05) is 5.73 Å². The number of nitrogen functional groups attached to an aromatic ring is 1. The fraction of sp³-hybridized carbons (Fsp3) is 0. The van der Waals surface area contributed by atoms with Gasteiger partial charge in [0.25, 0.3) is 0 Å². The van der Waals surface area contributed by atoms with E-state index < -0.39 is 0 Å². The maximum Gasteiger partial charge on any atom is 0.0724 e. The van der Waals surface area contributed by atoms with Crippen molar-refractivity contribution in [1.29, 1.82) is 0 Å². The lowest BCUT2D eigenvalue weighted by Gasteiger charge is -1.97. The van der Waals surface area contributed by atoms with E-state index in [9.17, 15) is 0 Å². The molecule has 0 aliphatic carbocycles. The fourth-order valence-electron chi connectivity index (χ4n) is 1.06. The Balaban J connectivity index is 0.000000845. The summed E-state index contributed by atoms with van der Waals surface area (Å²) in [6, 6.07) is 9.86. The van der Waals surface area contributed by atoms with Gasteiger partial charge in [0.15, 0.2) is 0 Å². The van der Waals surface area contributed by atoms with Crippen molar-refractivity contribution in [1.82, 2.24) is 9.78 Å².